The average molecular weight is 222 g/mol. The smallest absolute Gasteiger partial charge is 0.0223 e. The SMILES string of the molecule is C[C@H]1CN2CCCC[C@H]2CN2CCCC[C@H]12. The summed E-state index contributed by atoms with van der Waals surface area (Å²) in [5.41, 5.74) is 0. The van der Waals surface area contributed by atoms with E-state index in [1.54, 1.807) is 0 Å². The maximum atomic E-state index is 2.82. The number of fused-ring (bicyclic) bond motifs is 2. The first-order valence-electron chi connectivity index (χ1n) is 7.32. The molecule has 0 bridgehead atoms. The Morgan fingerprint density at radius 3 is 2.44 bits per heavy atom. The van der Waals surface area contributed by atoms with Crippen LogP contribution in [-0.4, -0.2) is 48.1 Å². The highest BCUT2D eigenvalue weighted by molar-refractivity contribution is 4.92. The molecule has 0 amide bonds. The maximum absolute atomic E-state index is 2.82. The Kier molecular flexibility index (Phi) is 3.21. The molecule has 0 aromatic rings. The molecule has 2 nitrogen and oxygen atoms in total. The normalized spacial score (nSPS) is 42.2. The van der Waals surface area contributed by atoms with Crippen molar-refractivity contribution in [3.05, 3.63) is 0 Å². The second kappa shape index (κ2) is 4.66. The van der Waals surface area contributed by atoms with Gasteiger partial charge in [-0.1, -0.05) is 19.8 Å². The van der Waals surface area contributed by atoms with Crippen molar-refractivity contribution in [1.82, 2.24) is 9.80 Å². The van der Waals surface area contributed by atoms with Crippen LogP contribution in [0.5, 0.6) is 0 Å². The second-order valence-electron chi connectivity index (χ2n) is 6.18. The van der Waals surface area contributed by atoms with E-state index >= 15 is 0 Å². The number of hydrogen-bond acceptors (Lipinski definition) is 2. The molecule has 3 saturated heterocycles. The minimum Gasteiger partial charge on any atom is -0.299 e. The predicted molar refractivity (Wildman–Crippen MR) is 67.6 cm³/mol. The molecule has 92 valence electrons. The molecule has 3 atom stereocenters. The van der Waals surface area contributed by atoms with Gasteiger partial charge in [-0.25, -0.2) is 0 Å². The van der Waals surface area contributed by atoms with Crippen molar-refractivity contribution in [2.75, 3.05) is 26.2 Å². The van der Waals surface area contributed by atoms with Crippen LogP contribution < -0.4 is 0 Å². The largest absolute Gasteiger partial charge is 0.299 e. The van der Waals surface area contributed by atoms with Gasteiger partial charge < -0.3 is 0 Å². The fourth-order valence-corrected chi connectivity index (χ4v) is 4.16. The standard InChI is InChI=1S/C14H26N2/c1-12-10-15-8-4-2-6-13(15)11-16-9-5-3-7-14(12)16/h12-14H,2-11H2,1H3/t12-,13-,14+/m0/s1. The Morgan fingerprint density at radius 2 is 1.56 bits per heavy atom. The molecular weight excluding hydrogens is 196 g/mol. The number of piperidine rings is 2. The summed E-state index contributed by atoms with van der Waals surface area (Å²) in [6.07, 6.45) is 8.73. The fraction of sp³-hybridized carbons (Fsp3) is 1.00. The summed E-state index contributed by atoms with van der Waals surface area (Å²) in [6, 6.07) is 1.79. The van der Waals surface area contributed by atoms with Crippen LogP contribution in [0.2, 0.25) is 0 Å². The first-order chi connectivity index (χ1) is 7.84. The molecule has 3 heterocycles. The van der Waals surface area contributed by atoms with Crippen LogP contribution in [0.1, 0.15) is 45.4 Å². The lowest BCUT2D eigenvalue weighted by atomic mass is 9.92. The zero-order chi connectivity index (χ0) is 11.0. The Hall–Kier alpha value is -0.0800. The van der Waals surface area contributed by atoms with Gasteiger partial charge >= 0.3 is 0 Å². The van der Waals surface area contributed by atoms with Gasteiger partial charge in [0.25, 0.3) is 0 Å². The van der Waals surface area contributed by atoms with Crippen LogP contribution >= 0.6 is 0 Å². The summed E-state index contributed by atoms with van der Waals surface area (Å²) in [7, 11) is 0. The van der Waals surface area contributed by atoms with Crippen LogP contribution in [-0.2, 0) is 0 Å². The van der Waals surface area contributed by atoms with Crippen molar-refractivity contribution in [3.63, 3.8) is 0 Å². The second-order valence-corrected chi connectivity index (χ2v) is 6.18. The van der Waals surface area contributed by atoms with E-state index in [2.05, 4.69) is 16.7 Å². The molecule has 16 heavy (non-hydrogen) atoms. The maximum Gasteiger partial charge on any atom is 0.0223 e. The predicted octanol–water partition coefficient (Wildman–Crippen LogP) is 2.35. The van der Waals surface area contributed by atoms with Crippen molar-refractivity contribution in [1.29, 1.82) is 0 Å². The zero-order valence-corrected chi connectivity index (χ0v) is 10.7. The molecule has 0 aromatic carbocycles. The molecule has 3 rings (SSSR count). The van der Waals surface area contributed by atoms with Crippen LogP contribution in [0.4, 0.5) is 0 Å². The first-order valence-corrected chi connectivity index (χ1v) is 7.32. The molecule has 3 aliphatic rings. The van der Waals surface area contributed by atoms with Gasteiger partial charge in [0.05, 0.1) is 0 Å². The van der Waals surface area contributed by atoms with Gasteiger partial charge in [-0.15, -0.1) is 0 Å². The Bertz CT molecular complexity index is 241. The van der Waals surface area contributed by atoms with E-state index in [0.29, 0.717) is 0 Å². The summed E-state index contributed by atoms with van der Waals surface area (Å²) >= 11 is 0. The quantitative estimate of drug-likeness (QED) is 0.621. The third-order valence-corrected chi connectivity index (χ3v) is 5.04. The van der Waals surface area contributed by atoms with E-state index in [1.165, 1.54) is 64.7 Å². The minimum absolute atomic E-state index is 0.888. The molecule has 0 unspecified atom stereocenters. The van der Waals surface area contributed by atoms with Crippen molar-refractivity contribution < 1.29 is 0 Å². The molecule has 0 aromatic heterocycles. The lowest BCUT2D eigenvalue weighted by molar-refractivity contribution is 0.108. The van der Waals surface area contributed by atoms with E-state index in [4.69, 9.17) is 0 Å². The number of rotatable bonds is 0. The van der Waals surface area contributed by atoms with Gasteiger partial charge in [0.15, 0.2) is 0 Å². The summed E-state index contributed by atoms with van der Waals surface area (Å²) < 4.78 is 0. The van der Waals surface area contributed by atoms with Gasteiger partial charge in [0.1, 0.15) is 0 Å². The lowest BCUT2D eigenvalue weighted by Crippen LogP contribution is -2.46. The third kappa shape index (κ3) is 2.02. The van der Waals surface area contributed by atoms with Gasteiger partial charge in [0.2, 0.25) is 0 Å². The van der Waals surface area contributed by atoms with Gasteiger partial charge in [0, 0.05) is 25.2 Å². The number of nitrogens with zero attached hydrogens (tertiary/aromatic N) is 2. The van der Waals surface area contributed by atoms with E-state index in [9.17, 15) is 0 Å². The van der Waals surface area contributed by atoms with Gasteiger partial charge in [-0.05, 0) is 44.7 Å². The van der Waals surface area contributed by atoms with Gasteiger partial charge in [-0.2, -0.15) is 0 Å². The summed E-state index contributed by atoms with van der Waals surface area (Å²) in [4.78, 5) is 5.62. The number of hydrogen-bond donors (Lipinski definition) is 0. The Morgan fingerprint density at radius 1 is 0.812 bits per heavy atom. The summed E-state index contributed by atoms with van der Waals surface area (Å²) in [6.45, 7) is 7.97. The molecule has 3 fully saturated rings. The fourth-order valence-electron chi connectivity index (χ4n) is 4.16. The molecule has 0 radical (unpaired) electrons. The monoisotopic (exact) mass is 222 g/mol. The van der Waals surface area contributed by atoms with Crippen LogP contribution in [0.3, 0.4) is 0 Å². The molecular formula is C14H26N2. The zero-order valence-electron chi connectivity index (χ0n) is 10.7. The van der Waals surface area contributed by atoms with Crippen LogP contribution in [0, 0.1) is 5.92 Å². The first kappa shape index (κ1) is 11.0. The topological polar surface area (TPSA) is 6.48 Å². The Labute approximate surface area is 100.0 Å². The molecule has 0 N–H and O–H groups in total. The van der Waals surface area contributed by atoms with E-state index < -0.39 is 0 Å². The Balaban J connectivity index is 1.76. The van der Waals surface area contributed by atoms with Crippen LogP contribution in [0.15, 0.2) is 0 Å². The van der Waals surface area contributed by atoms with E-state index in [0.717, 1.165) is 18.0 Å². The van der Waals surface area contributed by atoms with Crippen molar-refractivity contribution in [2.45, 2.75) is 57.5 Å². The molecule has 0 saturated carbocycles. The molecule has 0 aliphatic carbocycles. The summed E-state index contributed by atoms with van der Waals surface area (Å²) in [5, 5.41) is 0. The highest BCUT2D eigenvalue weighted by Gasteiger charge is 2.36. The average Bonchev–Trinajstić information content (AvgIpc) is 2.45. The lowest BCUT2D eigenvalue weighted by Gasteiger charge is -2.38. The van der Waals surface area contributed by atoms with E-state index in [1.807, 2.05) is 0 Å². The highest BCUT2D eigenvalue weighted by Crippen LogP contribution is 2.30. The highest BCUT2D eigenvalue weighted by atomic mass is 15.3. The van der Waals surface area contributed by atoms with E-state index in [-0.39, 0.29) is 0 Å². The molecule has 0 spiro atoms. The molecule has 2 heteroatoms. The van der Waals surface area contributed by atoms with Crippen molar-refractivity contribution in [3.8, 4) is 0 Å². The van der Waals surface area contributed by atoms with Crippen molar-refractivity contribution >= 4 is 0 Å². The third-order valence-electron chi connectivity index (χ3n) is 5.04. The molecule has 3 aliphatic heterocycles. The van der Waals surface area contributed by atoms with Gasteiger partial charge in [-0.3, -0.25) is 9.80 Å². The van der Waals surface area contributed by atoms with Crippen LogP contribution in [0.25, 0.3) is 0 Å². The van der Waals surface area contributed by atoms with Crippen molar-refractivity contribution in [2.24, 2.45) is 5.92 Å². The summed E-state index contributed by atoms with van der Waals surface area (Å²) in [5.74, 6) is 0.892. The minimum atomic E-state index is 0.888.